The quantitative estimate of drug-likeness (QED) is 0.517. The number of hydrogen-bond donors (Lipinski definition) is 1. The van der Waals surface area contributed by atoms with Gasteiger partial charge in [0.05, 0.1) is 17.9 Å². The zero-order chi connectivity index (χ0) is 25.8. The van der Waals surface area contributed by atoms with Crippen LogP contribution in [0.4, 0.5) is 0 Å². The van der Waals surface area contributed by atoms with Crippen LogP contribution < -0.4 is 5.32 Å². The van der Waals surface area contributed by atoms with E-state index in [0.29, 0.717) is 13.2 Å². The van der Waals surface area contributed by atoms with Crippen molar-refractivity contribution < 1.29 is 19.1 Å². The summed E-state index contributed by atoms with van der Waals surface area (Å²) < 4.78 is 5.69. The van der Waals surface area contributed by atoms with Crippen LogP contribution in [0.3, 0.4) is 0 Å². The second-order valence-electron chi connectivity index (χ2n) is 10.9. The molecule has 2 fully saturated rings. The van der Waals surface area contributed by atoms with E-state index < -0.39 is 17.9 Å². The summed E-state index contributed by atoms with van der Waals surface area (Å²) in [5.41, 5.74) is 5.42. The molecule has 0 spiro atoms. The van der Waals surface area contributed by atoms with Crippen LogP contribution in [0, 0.1) is 11.8 Å². The fourth-order valence-electron chi connectivity index (χ4n) is 7.28. The summed E-state index contributed by atoms with van der Waals surface area (Å²) in [6, 6.07) is 25.1. The molecule has 3 aromatic rings. The summed E-state index contributed by atoms with van der Waals surface area (Å²) in [6.45, 7) is 1.08. The third-order valence-corrected chi connectivity index (χ3v) is 8.90. The molecule has 4 atom stereocenters. The summed E-state index contributed by atoms with van der Waals surface area (Å²) in [6.07, 6.45) is 2.13. The average molecular weight is 507 g/mol. The van der Waals surface area contributed by atoms with Crippen LogP contribution in [-0.4, -0.2) is 47.9 Å². The Bertz CT molecular complexity index is 1300. The molecule has 3 aliphatic carbocycles. The maximum absolute atomic E-state index is 14.3. The van der Waals surface area contributed by atoms with Crippen LogP contribution in [0.15, 0.2) is 78.9 Å². The van der Waals surface area contributed by atoms with Crippen molar-refractivity contribution in [1.29, 1.82) is 0 Å². The Morgan fingerprint density at radius 2 is 1.34 bits per heavy atom. The summed E-state index contributed by atoms with van der Waals surface area (Å²) in [7, 11) is 0. The first-order chi connectivity index (χ1) is 18.6. The first-order valence-electron chi connectivity index (χ1n) is 13.6. The number of benzene rings is 3. The first-order valence-corrected chi connectivity index (χ1v) is 13.6. The summed E-state index contributed by atoms with van der Waals surface area (Å²) in [5, 5.41) is 3.01. The average Bonchev–Trinajstić information content (AvgIpc) is 3.57. The van der Waals surface area contributed by atoms with Crippen LogP contribution >= 0.6 is 0 Å². The summed E-state index contributed by atoms with van der Waals surface area (Å²) in [5.74, 6) is -2.13. The Morgan fingerprint density at radius 3 is 1.84 bits per heavy atom. The van der Waals surface area contributed by atoms with Crippen molar-refractivity contribution in [3.63, 3.8) is 0 Å². The van der Waals surface area contributed by atoms with Gasteiger partial charge >= 0.3 is 0 Å². The lowest BCUT2D eigenvalue weighted by molar-refractivity contribution is -0.148. The van der Waals surface area contributed by atoms with Crippen molar-refractivity contribution in [3.05, 3.63) is 107 Å². The SMILES string of the molecule is O=C(NC[C@@H]1CCCO1)[C@H](Cc1ccccc1)N1C(=O)[C@@H]2C3c4ccccc4C(c4ccccc43)[C@@H]2C1=O. The van der Waals surface area contributed by atoms with E-state index in [1.165, 1.54) is 4.90 Å². The lowest BCUT2D eigenvalue weighted by Crippen LogP contribution is -2.52. The molecule has 0 unspecified atom stereocenters. The highest BCUT2D eigenvalue weighted by atomic mass is 16.5. The van der Waals surface area contributed by atoms with Gasteiger partial charge in [0, 0.05) is 31.4 Å². The standard InChI is InChI=1S/C32H30N2O4/c35-30(33-18-20-11-8-16-38-20)25(17-19-9-2-1-3-10-19)34-31(36)28-26-21-12-4-5-13-22(21)27(29(28)32(34)37)24-15-7-6-14-23(24)26/h1-7,9-10,12-15,20,25-29H,8,11,16-18H2,(H,33,35)/t20-,25-,26?,27?,28-,29+/m0/s1. The molecule has 6 nitrogen and oxygen atoms in total. The van der Waals surface area contributed by atoms with Crippen LogP contribution in [0.5, 0.6) is 0 Å². The van der Waals surface area contributed by atoms with Crippen LogP contribution in [0.1, 0.15) is 52.5 Å². The maximum atomic E-state index is 14.3. The maximum Gasteiger partial charge on any atom is 0.243 e. The third kappa shape index (κ3) is 3.54. The summed E-state index contributed by atoms with van der Waals surface area (Å²) in [4.78, 5) is 43.5. The van der Waals surface area contributed by atoms with Crippen molar-refractivity contribution in [2.45, 2.75) is 43.2 Å². The molecule has 2 saturated heterocycles. The van der Waals surface area contributed by atoms with Gasteiger partial charge in [-0.25, -0.2) is 0 Å². The van der Waals surface area contributed by atoms with Gasteiger partial charge in [-0.1, -0.05) is 78.9 Å². The van der Waals surface area contributed by atoms with E-state index in [4.69, 9.17) is 4.74 Å². The van der Waals surface area contributed by atoms with E-state index in [-0.39, 0.29) is 42.1 Å². The largest absolute Gasteiger partial charge is 0.376 e. The molecule has 5 aliphatic rings. The van der Waals surface area contributed by atoms with Crippen molar-refractivity contribution in [2.75, 3.05) is 13.2 Å². The van der Waals surface area contributed by atoms with E-state index >= 15 is 0 Å². The van der Waals surface area contributed by atoms with Gasteiger partial charge in [0.2, 0.25) is 17.7 Å². The smallest absolute Gasteiger partial charge is 0.243 e. The topological polar surface area (TPSA) is 75.7 Å². The molecule has 2 bridgehead atoms. The molecule has 1 N–H and O–H groups in total. The van der Waals surface area contributed by atoms with Gasteiger partial charge in [0.25, 0.3) is 0 Å². The first kappa shape index (κ1) is 23.4. The Morgan fingerprint density at radius 1 is 0.816 bits per heavy atom. The molecular weight excluding hydrogens is 476 g/mol. The number of nitrogens with one attached hydrogen (secondary N) is 1. The van der Waals surface area contributed by atoms with E-state index in [1.54, 1.807) is 0 Å². The molecule has 2 aliphatic heterocycles. The van der Waals surface area contributed by atoms with Crippen LogP contribution in [0.25, 0.3) is 0 Å². The van der Waals surface area contributed by atoms with Crippen LogP contribution in [0.2, 0.25) is 0 Å². The molecule has 0 saturated carbocycles. The van der Waals surface area contributed by atoms with Crippen LogP contribution in [-0.2, 0) is 25.5 Å². The fraction of sp³-hybridized carbons (Fsp3) is 0.344. The zero-order valence-electron chi connectivity index (χ0n) is 21.1. The number of nitrogens with zero attached hydrogens (tertiary/aromatic N) is 1. The minimum absolute atomic E-state index is 0.0243. The van der Waals surface area contributed by atoms with E-state index in [0.717, 1.165) is 40.7 Å². The minimum Gasteiger partial charge on any atom is -0.376 e. The molecule has 3 aromatic carbocycles. The number of carbonyl (C=O) groups excluding carboxylic acids is 3. The molecule has 0 radical (unpaired) electrons. The second-order valence-corrected chi connectivity index (χ2v) is 10.9. The van der Waals surface area contributed by atoms with Gasteiger partial charge in [-0.2, -0.15) is 0 Å². The van der Waals surface area contributed by atoms with Gasteiger partial charge in [-0.3, -0.25) is 19.3 Å². The molecule has 2 heterocycles. The summed E-state index contributed by atoms with van der Waals surface area (Å²) >= 11 is 0. The Labute approximate surface area is 222 Å². The van der Waals surface area contributed by atoms with Crippen molar-refractivity contribution in [1.82, 2.24) is 10.2 Å². The van der Waals surface area contributed by atoms with Gasteiger partial charge in [-0.05, 0) is 40.7 Å². The Balaban J connectivity index is 1.27. The Kier molecular flexibility index (Phi) is 5.66. The molecule has 6 heteroatoms. The van der Waals surface area contributed by atoms with Gasteiger partial charge in [0.15, 0.2) is 0 Å². The fourth-order valence-corrected chi connectivity index (χ4v) is 7.28. The highest BCUT2D eigenvalue weighted by Crippen LogP contribution is 2.61. The molecule has 38 heavy (non-hydrogen) atoms. The number of rotatable bonds is 6. The lowest BCUT2D eigenvalue weighted by atomic mass is 9.55. The highest BCUT2D eigenvalue weighted by Gasteiger charge is 2.63. The van der Waals surface area contributed by atoms with Crippen molar-refractivity contribution in [3.8, 4) is 0 Å². The van der Waals surface area contributed by atoms with E-state index in [9.17, 15) is 14.4 Å². The van der Waals surface area contributed by atoms with Gasteiger partial charge in [-0.15, -0.1) is 0 Å². The second kappa shape index (κ2) is 9.21. The highest BCUT2D eigenvalue weighted by molar-refractivity contribution is 6.10. The number of hydrogen-bond acceptors (Lipinski definition) is 4. The number of ether oxygens (including phenoxy) is 1. The third-order valence-electron chi connectivity index (χ3n) is 8.90. The number of amides is 3. The normalized spacial score (nSPS) is 27.6. The predicted molar refractivity (Wildman–Crippen MR) is 141 cm³/mol. The van der Waals surface area contributed by atoms with E-state index in [2.05, 4.69) is 29.6 Å². The number of imide groups is 1. The number of carbonyl (C=O) groups is 3. The molecule has 8 rings (SSSR count). The van der Waals surface area contributed by atoms with Gasteiger partial charge < -0.3 is 10.1 Å². The molecule has 192 valence electrons. The number of likely N-dealkylation sites (tertiary alicyclic amines) is 1. The lowest BCUT2D eigenvalue weighted by Gasteiger charge is -2.45. The Hall–Kier alpha value is -3.77. The predicted octanol–water partition coefficient (Wildman–Crippen LogP) is 3.79. The van der Waals surface area contributed by atoms with Crippen molar-refractivity contribution >= 4 is 17.7 Å². The van der Waals surface area contributed by atoms with E-state index in [1.807, 2.05) is 54.6 Å². The monoisotopic (exact) mass is 506 g/mol. The van der Waals surface area contributed by atoms with Gasteiger partial charge in [0.1, 0.15) is 6.04 Å². The van der Waals surface area contributed by atoms with Crippen molar-refractivity contribution in [2.24, 2.45) is 11.8 Å². The minimum atomic E-state index is -0.907. The zero-order valence-corrected chi connectivity index (χ0v) is 21.1. The molecule has 0 aromatic heterocycles. The molecule has 3 amide bonds. The molecular formula is C32H30N2O4.